The molecule has 0 aliphatic carbocycles. The van der Waals surface area contributed by atoms with E-state index in [0.29, 0.717) is 44.4 Å². The smallest absolute Gasteiger partial charge is 0.255 e. The number of hydrogen-bond acceptors (Lipinski definition) is 6. The number of nitrogens with zero attached hydrogens (tertiary/aromatic N) is 3. The molecule has 2 aromatic heterocycles. The molecule has 3 heterocycles. The molecule has 1 aromatic carbocycles. The Morgan fingerprint density at radius 2 is 2.04 bits per heavy atom. The summed E-state index contributed by atoms with van der Waals surface area (Å²) in [5.41, 5.74) is 0.877. The zero-order valence-corrected chi connectivity index (χ0v) is 16.0. The minimum Gasteiger partial charge on any atom is -0.378 e. The Morgan fingerprint density at radius 1 is 1.22 bits per heavy atom. The van der Waals surface area contributed by atoms with Crippen molar-refractivity contribution < 1.29 is 9.53 Å². The number of carbonyl (C=O) groups is 1. The van der Waals surface area contributed by atoms with E-state index < -0.39 is 0 Å². The number of carbonyl (C=O) groups excluding carboxylic acids is 1. The van der Waals surface area contributed by atoms with Crippen LogP contribution in [0.15, 0.2) is 40.5 Å². The van der Waals surface area contributed by atoms with Crippen molar-refractivity contribution in [1.29, 1.82) is 0 Å². The van der Waals surface area contributed by atoms with Crippen molar-refractivity contribution in [3.05, 3.63) is 57.5 Å². The number of morpholine rings is 1. The number of anilines is 1. The number of fused-ring (bicyclic) bond motifs is 1. The number of hydrogen-bond donors (Lipinski definition) is 0. The molecular formula is C20H21N3O3S. The summed E-state index contributed by atoms with van der Waals surface area (Å²) in [7, 11) is 1.67. The Morgan fingerprint density at radius 3 is 2.85 bits per heavy atom. The Labute approximate surface area is 161 Å². The van der Waals surface area contributed by atoms with E-state index in [4.69, 9.17) is 4.74 Å². The Hall–Kier alpha value is -2.51. The first-order valence-corrected chi connectivity index (χ1v) is 9.86. The molecule has 4 rings (SSSR count). The first kappa shape index (κ1) is 17.9. The van der Waals surface area contributed by atoms with Gasteiger partial charge in [-0.25, -0.2) is 4.98 Å². The molecule has 6 nitrogen and oxygen atoms in total. The largest absolute Gasteiger partial charge is 0.378 e. The van der Waals surface area contributed by atoms with Gasteiger partial charge in [0.2, 0.25) is 0 Å². The van der Waals surface area contributed by atoms with Gasteiger partial charge in [-0.2, -0.15) is 0 Å². The molecular weight excluding hydrogens is 362 g/mol. The normalized spacial score (nSPS) is 14.6. The predicted octanol–water partition coefficient (Wildman–Crippen LogP) is 2.19. The quantitative estimate of drug-likeness (QED) is 0.676. The second kappa shape index (κ2) is 7.62. The van der Waals surface area contributed by atoms with Gasteiger partial charge in [0.1, 0.15) is 17.4 Å². The average Bonchev–Trinajstić information content (AvgIpc) is 3.16. The molecule has 3 aromatic rings. The van der Waals surface area contributed by atoms with Gasteiger partial charge in [0.05, 0.1) is 19.6 Å². The molecule has 1 aliphatic heterocycles. The van der Waals surface area contributed by atoms with Gasteiger partial charge in [-0.15, -0.1) is 11.3 Å². The fourth-order valence-electron chi connectivity index (χ4n) is 3.35. The van der Waals surface area contributed by atoms with Crippen molar-refractivity contribution in [2.75, 3.05) is 31.2 Å². The maximum atomic E-state index is 12.7. The summed E-state index contributed by atoms with van der Waals surface area (Å²) in [4.78, 5) is 31.7. The standard InChI is InChI=1S/C20H21N3O3S/c1-22-18(21-19(13-20(22)25)23-6-8-26-9-7-23)12-15(24)11-14-3-2-4-17-16(14)5-10-27-17/h2-5,10,13H,6-9,11-12H2,1H3. The number of ether oxygens (including phenoxy) is 1. The first-order valence-electron chi connectivity index (χ1n) is 8.98. The molecule has 0 amide bonds. The molecule has 140 valence electrons. The summed E-state index contributed by atoms with van der Waals surface area (Å²) in [6, 6.07) is 9.62. The van der Waals surface area contributed by atoms with Gasteiger partial charge in [0.15, 0.2) is 0 Å². The van der Waals surface area contributed by atoms with E-state index in [1.165, 1.54) is 15.3 Å². The maximum Gasteiger partial charge on any atom is 0.255 e. The van der Waals surface area contributed by atoms with Crippen molar-refractivity contribution in [3.8, 4) is 0 Å². The van der Waals surface area contributed by atoms with Crippen LogP contribution in [0.25, 0.3) is 10.1 Å². The minimum atomic E-state index is -0.144. The number of Topliss-reactive ketones (excluding diaryl/α,β-unsaturated/α-hetero) is 1. The van der Waals surface area contributed by atoms with E-state index in [9.17, 15) is 9.59 Å². The summed E-state index contributed by atoms with van der Waals surface area (Å²) in [6.07, 6.45) is 0.482. The van der Waals surface area contributed by atoms with Crippen molar-refractivity contribution in [1.82, 2.24) is 9.55 Å². The second-order valence-electron chi connectivity index (χ2n) is 6.67. The van der Waals surface area contributed by atoms with Crippen LogP contribution in [0.4, 0.5) is 5.82 Å². The molecule has 0 N–H and O–H groups in total. The van der Waals surface area contributed by atoms with E-state index in [0.717, 1.165) is 10.9 Å². The van der Waals surface area contributed by atoms with Crippen LogP contribution >= 0.6 is 11.3 Å². The minimum absolute atomic E-state index is 0.0512. The number of ketones is 1. The topological polar surface area (TPSA) is 64.4 Å². The maximum absolute atomic E-state index is 12.7. The molecule has 0 saturated carbocycles. The summed E-state index contributed by atoms with van der Waals surface area (Å²) >= 11 is 1.67. The van der Waals surface area contributed by atoms with Gasteiger partial charge < -0.3 is 9.64 Å². The number of aromatic nitrogens is 2. The molecule has 0 radical (unpaired) electrons. The predicted molar refractivity (Wildman–Crippen MR) is 107 cm³/mol. The number of benzene rings is 1. The zero-order chi connectivity index (χ0) is 18.8. The van der Waals surface area contributed by atoms with E-state index in [1.807, 2.05) is 22.4 Å². The number of rotatable bonds is 5. The highest BCUT2D eigenvalue weighted by atomic mass is 32.1. The lowest BCUT2D eigenvalue weighted by Gasteiger charge is -2.28. The Kier molecular flexibility index (Phi) is 5.05. The van der Waals surface area contributed by atoms with Crippen molar-refractivity contribution in [3.63, 3.8) is 0 Å². The highest BCUT2D eigenvalue weighted by Gasteiger charge is 2.17. The third-order valence-corrected chi connectivity index (χ3v) is 5.76. The lowest BCUT2D eigenvalue weighted by Crippen LogP contribution is -2.38. The van der Waals surface area contributed by atoms with Crippen molar-refractivity contribution in [2.24, 2.45) is 7.05 Å². The van der Waals surface area contributed by atoms with Crippen molar-refractivity contribution >= 4 is 33.0 Å². The van der Waals surface area contributed by atoms with Crippen LogP contribution in [0.3, 0.4) is 0 Å². The first-order chi connectivity index (χ1) is 13.1. The summed E-state index contributed by atoms with van der Waals surface area (Å²) in [5.74, 6) is 1.19. The fourth-order valence-corrected chi connectivity index (χ4v) is 4.18. The van der Waals surface area contributed by atoms with E-state index in [-0.39, 0.29) is 17.8 Å². The SMILES string of the molecule is Cn1c(CC(=O)Cc2cccc3sccc23)nc(N2CCOCC2)cc1=O. The Bertz CT molecular complexity index is 1030. The molecule has 7 heteroatoms. The molecule has 1 aliphatic rings. The van der Waals surface area contributed by atoms with Crippen LogP contribution in [-0.4, -0.2) is 41.6 Å². The van der Waals surface area contributed by atoms with Gasteiger partial charge in [-0.05, 0) is 28.5 Å². The highest BCUT2D eigenvalue weighted by Crippen LogP contribution is 2.24. The summed E-state index contributed by atoms with van der Waals surface area (Å²) in [6.45, 7) is 2.65. The van der Waals surface area contributed by atoms with Crippen LogP contribution in [-0.2, 0) is 29.4 Å². The van der Waals surface area contributed by atoms with Gasteiger partial charge in [0.25, 0.3) is 5.56 Å². The van der Waals surface area contributed by atoms with Gasteiger partial charge >= 0.3 is 0 Å². The third-order valence-electron chi connectivity index (χ3n) is 4.88. The van der Waals surface area contributed by atoms with Gasteiger partial charge in [-0.1, -0.05) is 12.1 Å². The molecule has 0 spiro atoms. The second-order valence-corrected chi connectivity index (χ2v) is 7.62. The molecule has 1 saturated heterocycles. The monoisotopic (exact) mass is 383 g/mol. The van der Waals surface area contributed by atoms with E-state index in [2.05, 4.69) is 17.1 Å². The van der Waals surface area contributed by atoms with Crippen LogP contribution in [0.2, 0.25) is 0 Å². The molecule has 0 unspecified atom stereocenters. The van der Waals surface area contributed by atoms with Crippen LogP contribution in [0.5, 0.6) is 0 Å². The molecule has 1 fully saturated rings. The molecule has 27 heavy (non-hydrogen) atoms. The third kappa shape index (κ3) is 3.79. The molecule has 0 bridgehead atoms. The van der Waals surface area contributed by atoms with E-state index >= 15 is 0 Å². The van der Waals surface area contributed by atoms with E-state index in [1.54, 1.807) is 18.4 Å². The van der Waals surface area contributed by atoms with Crippen LogP contribution in [0, 0.1) is 0 Å². The molecule has 0 atom stereocenters. The zero-order valence-electron chi connectivity index (χ0n) is 15.2. The Balaban J connectivity index is 1.56. The van der Waals surface area contributed by atoms with Gasteiger partial charge in [0, 0.05) is 37.3 Å². The fraction of sp³-hybridized carbons (Fsp3) is 0.350. The lowest BCUT2D eigenvalue weighted by molar-refractivity contribution is -0.117. The van der Waals surface area contributed by atoms with Crippen LogP contribution in [0.1, 0.15) is 11.4 Å². The lowest BCUT2D eigenvalue weighted by atomic mass is 10.0. The summed E-state index contributed by atoms with van der Waals surface area (Å²) in [5, 5.41) is 3.16. The summed E-state index contributed by atoms with van der Waals surface area (Å²) < 4.78 is 8.00. The number of thiophene rings is 1. The highest BCUT2D eigenvalue weighted by molar-refractivity contribution is 7.17. The average molecular weight is 383 g/mol. The van der Waals surface area contributed by atoms with Gasteiger partial charge in [-0.3, -0.25) is 14.2 Å². The van der Waals surface area contributed by atoms with Crippen molar-refractivity contribution in [2.45, 2.75) is 12.8 Å². The van der Waals surface area contributed by atoms with Crippen LogP contribution < -0.4 is 10.5 Å².